The molecule has 1 atom stereocenters. The van der Waals surface area contributed by atoms with Gasteiger partial charge in [-0.3, -0.25) is 4.79 Å². The number of β-amino-alcohol motifs (C(OH)–C–C–N with tert-alkyl or cyclic N) is 1. The van der Waals surface area contributed by atoms with Gasteiger partial charge in [0, 0.05) is 13.0 Å². The van der Waals surface area contributed by atoms with Crippen LogP contribution in [0.4, 0.5) is 8.78 Å². The first kappa shape index (κ1) is 18.2. The molecule has 6 nitrogen and oxygen atoms in total. The smallest absolute Gasteiger partial charge is 0.257 e. The Labute approximate surface area is 160 Å². The van der Waals surface area contributed by atoms with Gasteiger partial charge < -0.3 is 10.0 Å². The van der Waals surface area contributed by atoms with Gasteiger partial charge in [-0.2, -0.15) is 0 Å². The number of aliphatic hydroxyl groups is 1. The van der Waals surface area contributed by atoms with E-state index < -0.39 is 17.3 Å². The van der Waals surface area contributed by atoms with Crippen LogP contribution in [0.5, 0.6) is 0 Å². The van der Waals surface area contributed by atoms with E-state index in [9.17, 15) is 18.7 Å². The molecule has 1 N–H and O–H groups in total. The van der Waals surface area contributed by atoms with Gasteiger partial charge in [0.05, 0.1) is 35.8 Å². The molecule has 1 fully saturated rings. The molecule has 1 amide bonds. The van der Waals surface area contributed by atoms with Gasteiger partial charge >= 0.3 is 0 Å². The van der Waals surface area contributed by atoms with Crippen LogP contribution < -0.4 is 0 Å². The van der Waals surface area contributed by atoms with Crippen molar-refractivity contribution in [3.63, 3.8) is 0 Å². The topological polar surface area (TPSA) is 71.2 Å². The quantitative estimate of drug-likeness (QED) is 0.750. The van der Waals surface area contributed by atoms with Crippen LogP contribution in [-0.4, -0.2) is 49.6 Å². The minimum absolute atomic E-state index is 0.0796. The van der Waals surface area contributed by atoms with Crippen molar-refractivity contribution in [3.8, 4) is 5.69 Å². The molecule has 0 aliphatic carbocycles. The second-order valence-electron chi connectivity index (χ2n) is 7.02. The SMILES string of the molecule is O=C(c1cc(-n2ccnn2)ccc1F)N1CC[C@@](O)(Cc2ccc(F)cc2)C1. The highest BCUT2D eigenvalue weighted by molar-refractivity contribution is 5.95. The predicted octanol–water partition coefficient (Wildman–Crippen LogP) is 2.37. The summed E-state index contributed by atoms with van der Waals surface area (Å²) in [5.74, 6) is -1.47. The lowest BCUT2D eigenvalue weighted by Crippen LogP contribution is -2.38. The summed E-state index contributed by atoms with van der Waals surface area (Å²) >= 11 is 0. The average Bonchev–Trinajstić information content (AvgIpc) is 3.34. The van der Waals surface area contributed by atoms with Gasteiger partial charge in [-0.05, 0) is 42.3 Å². The minimum Gasteiger partial charge on any atom is -0.388 e. The van der Waals surface area contributed by atoms with Gasteiger partial charge in [0.1, 0.15) is 11.6 Å². The molecule has 1 saturated heterocycles. The number of rotatable bonds is 4. The zero-order valence-corrected chi connectivity index (χ0v) is 14.9. The Morgan fingerprint density at radius 1 is 1.18 bits per heavy atom. The highest BCUT2D eigenvalue weighted by Gasteiger charge is 2.39. The first-order valence-corrected chi connectivity index (χ1v) is 8.86. The third-order valence-corrected chi connectivity index (χ3v) is 4.93. The van der Waals surface area contributed by atoms with Crippen LogP contribution in [0.15, 0.2) is 54.9 Å². The first-order chi connectivity index (χ1) is 13.4. The predicted molar refractivity (Wildman–Crippen MR) is 96.9 cm³/mol. The summed E-state index contributed by atoms with van der Waals surface area (Å²) < 4.78 is 28.8. The molecular formula is C20H18F2N4O2. The Hall–Kier alpha value is -3.13. The van der Waals surface area contributed by atoms with E-state index in [1.54, 1.807) is 18.3 Å². The lowest BCUT2D eigenvalue weighted by Gasteiger charge is -2.24. The Balaban J connectivity index is 1.51. The maximum Gasteiger partial charge on any atom is 0.257 e. The summed E-state index contributed by atoms with van der Waals surface area (Å²) in [6.45, 7) is 0.389. The van der Waals surface area contributed by atoms with Gasteiger partial charge in [-0.1, -0.05) is 17.3 Å². The molecule has 3 aromatic rings. The molecule has 0 unspecified atom stereocenters. The lowest BCUT2D eigenvalue weighted by atomic mass is 9.94. The minimum atomic E-state index is -1.13. The second-order valence-corrected chi connectivity index (χ2v) is 7.02. The summed E-state index contributed by atoms with van der Waals surface area (Å²) in [6.07, 6.45) is 3.73. The van der Waals surface area contributed by atoms with Crippen molar-refractivity contribution < 1.29 is 18.7 Å². The molecule has 144 valence electrons. The number of carbonyl (C=O) groups is 1. The summed E-state index contributed by atoms with van der Waals surface area (Å²) in [5.41, 5.74) is 0.0765. The van der Waals surface area contributed by atoms with Gasteiger partial charge in [-0.15, -0.1) is 5.10 Å². The zero-order chi connectivity index (χ0) is 19.7. The fourth-order valence-electron chi connectivity index (χ4n) is 3.49. The fraction of sp³-hybridized carbons (Fsp3) is 0.250. The third-order valence-electron chi connectivity index (χ3n) is 4.93. The van der Waals surface area contributed by atoms with Gasteiger partial charge in [0.2, 0.25) is 0 Å². The Morgan fingerprint density at radius 2 is 1.96 bits per heavy atom. The summed E-state index contributed by atoms with van der Waals surface area (Å²) in [7, 11) is 0. The van der Waals surface area contributed by atoms with Crippen molar-refractivity contribution in [1.29, 1.82) is 0 Å². The molecule has 1 aliphatic rings. The van der Waals surface area contributed by atoms with Crippen molar-refractivity contribution in [2.24, 2.45) is 0 Å². The van der Waals surface area contributed by atoms with Crippen LogP contribution in [0, 0.1) is 11.6 Å². The highest BCUT2D eigenvalue weighted by atomic mass is 19.1. The standard InChI is InChI=1S/C20H18F2N4O2/c21-15-3-1-14(2-4-15)12-20(28)7-9-25(13-20)19(27)17-11-16(5-6-18(17)22)26-10-8-23-24-26/h1-6,8,10-11,28H,7,9,12-13H2/t20-/m1/s1. The summed E-state index contributed by atoms with van der Waals surface area (Å²) in [6, 6.07) is 10.0. The number of benzene rings is 2. The number of amides is 1. The van der Waals surface area contributed by atoms with Crippen LogP contribution in [0.1, 0.15) is 22.3 Å². The van der Waals surface area contributed by atoms with E-state index >= 15 is 0 Å². The number of hydrogen-bond acceptors (Lipinski definition) is 4. The molecular weight excluding hydrogens is 366 g/mol. The molecule has 0 radical (unpaired) electrons. The van der Waals surface area contributed by atoms with E-state index in [2.05, 4.69) is 10.3 Å². The van der Waals surface area contributed by atoms with Crippen LogP contribution in [0.3, 0.4) is 0 Å². The lowest BCUT2D eigenvalue weighted by molar-refractivity contribution is 0.0443. The van der Waals surface area contributed by atoms with Gasteiger partial charge in [-0.25, -0.2) is 13.5 Å². The van der Waals surface area contributed by atoms with E-state index in [0.29, 0.717) is 25.1 Å². The van der Waals surface area contributed by atoms with E-state index in [0.717, 1.165) is 5.56 Å². The maximum absolute atomic E-state index is 14.3. The molecule has 2 heterocycles. The first-order valence-electron chi connectivity index (χ1n) is 8.86. The number of carbonyl (C=O) groups excluding carboxylic acids is 1. The number of nitrogens with zero attached hydrogens (tertiary/aromatic N) is 4. The molecule has 4 rings (SSSR count). The summed E-state index contributed by atoms with van der Waals surface area (Å²) in [4.78, 5) is 14.3. The number of halogens is 2. The molecule has 1 aromatic heterocycles. The molecule has 8 heteroatoms. The van der Waals surface area contributed by atoms with Crippen molar-refractivity contribution in [1.82, 2.24) is 19.9 Å². The normalized spacial score (nSPS) is 19.2. The number of hydrogen-bond donors (Lipinski definition) is 1. The second kappa shape index (κ2) is 7.12. The average molecular weight is 384 g/mol. The van der Waals surface area contributed by atoms with E-state index in [-0.39, 0.29) is 17.9 Å². The van der Waals surface area contributed by atoms with Crippen molar-refractivity contribution in [2.75, 3.05) is 13.1 Å². The van der Waals surface area contributed by atoms with Gasteiger partial charge in [0.25, 0.3) is 5.91 Å². The molecule has 1 aliphatic heterocycles. The molecule has 2 aromatic carbocycles. The molecule has 0 bridgehead atoms. The molecule has 28 heavy (non-hydrogen) atoms. The zero-order valence-electron chi connectivity index (χ0n) is 14.9. The Kier molecular flexibility index (Phi) is 4.64. The highest BCUT2D eigenvalue weighted by Crippen LogP contribution is 2.28. The molecule has 0 spiro atoms. The monoisotopic (exact) mass is 384 g/mol. The van der Waals surface area contributed by atoms with Crippen molar-refractivity contribution in [2.45, 2.75) is 18.4 Å². The third kappa shape index (κ3) is 3.63. The van der Waals surface area contributed by atoms with E-state index in [4.69, 9.17) is 0 Å². The van der Waals surface area contributed by atoms with Crippen LogP contribution >= 0.6 is 0 Å². The Morgan fingerprint density at radius 3 is 2.68 bits per heavy atom. The Bertz CT molecular complexity index is 992. The van der Waals surface area contributed by atoms with Crippen LogP contribution in [0.2, 0.25) is 0 Å². The maximum atomic E-state index is 14.3. The van der Waals surface area contributed by atoms with E-state index in [1.807, 2.05) is 0 Å². The largest absolute Gasteiger partial charge is 0.388 e. The van der Waals surface area contributed by atoms with Gasteiger partial charge in [0.15, 0.2) is 0 Å². The van der Waals surface area contributed by atoms with E-state index in [1.165, 1.54) is 46.1 Å². The molecule has 0 saturated carbocycles. The van der Waals surface area contributed by atoms with Crippen LogP contribution in [0.25, 0.3) is 5.69 Å². The number of likely N-dealkylation sites (tertiary alicyclic amines) is 1. The van der Waals surface area contributed by atoms with Crippen molar-refractivity contribution >= 4 is 5.91 Å². The number of aromatic nitrogens is 3. The van der Waals surface area contributed by atoms with Crippen LogP contribution in [-0.2, 0) is 6.42 Å². The van der Waals surface area contributed by atoms with Crippen molar-refractivity contribution in [3.05, 3.63) is 77.6 Å². The fourth-order valence-corrected chi connectivity index (χ4v) is 3.49. The summed E-state index contributed by atoms with van der Waals surface area (Å²) in [5, 5.41) is 18.4.